The van der Waals surface area contributed by atoms with E-state index < -0.39 is 0 Å². The van der Waals surface area contributed by atoms with Crippen molar-refractivity contribution in [2.75, 3.05) is 39.3 Å². The fraction of sp³-hybridized carbons (Fsp3) is 0.556. The minimum atomic E-state index is -0.0451. The van der Waals surface area contributed by atoms with Crippen LogP contribution >= 0.6 is 0 Å². The van der Waals surface area contributed by atoms with Gasteiger partial charge < -0.3 is 15.1 Å². The van der Waals surface area contributed by atoms with Crippen LogP contribution in [0.15, 0.2) is 24.3 Å². The molecule has 2 fully saturated rings. The zero-order valence-electron chi connectivity index (χ0n) is 13.8. The molecule has 124 valence electrons. The first kappa shape index (κ1) is 16.0. The van der Waals surface area contributed by atoms with Gasteiger partial charge in [-0.25, -0.2) is 0 Å². The molecule has 2 heterocycles. The van der Waals surface area contributed by atoms with Crippen LogP contribution in [0.3, 0.4) is 0 Å². The number of hydrogen-bond acceptors (Lipinski definition) is 3. The zero-order valence-corrected chi connectivity index (χ0v) is 13.8. The number of nitrogens with one attached hydrogen (secondary N) is 1. The van der Waals surface area contributed by atoms with Crippen molar-refractivity contribution in [3.8, 4) is 0 Å². The molecule has 1 unspecified atom stereocenters. The predicted molar refractivity (Wildman–Crippen MR) is 89.3 cm³/mol. The highest BCUT2D eigenvalue weighted by molar-refractivity contribution is 5.94. The maximum atomic E-state index is 12.7. The Labute approximate surface area is 137 Å². The van der Waals surface area contributed by atoms with Crippen LogP contribution < -0.4 is 5.32 Å². The lowest BCUT2D eigenvalue weighted by Gasteiger charge is -2.36. The van der Waals surface area contributed by atoms with Crippen molar-refractivity contribution < 1.29 is 9.59 Å². The quantitative estimate of drug-likeness (QED) is 0.894. The van der Waals surface area contributed by atoms with Crippen molar-refractivity contribution in [2.24, 2.45) is 5.92 Å². The fourth-order valence-electron chi connectivity index (χ4n) is 3.39. The fourth-order valence-corrected chi connectivity index (χ4v) is 3.39. The summed E-state index contributed by atoms with van der Waals surface area (Å²) in [5.41, 5.74) is 1.86. The number of piperazine rings is 1. The van der Waals surface area contributed by atoms with Gasteiger partial charge in [0.05, 0.1) is 5.92 Å². The third-order valence-corrected chi connectivity index (χ3v) is 4.79. The first-order valence-corrected chi connectivity index (χ1v) is 8.50. The van der Waals surface area contributed by atoms with Crippen LogP contribution in [-0.2, 0) is 4.79 Å². The molecule has 1 aromatic rings. The maximum absolute atomic E-state index is 12.7. The van der Waals surface area contributed by atoms with Crippen LogP contribution in [0.1, 0.15) is 28.8 Å². The molecule has 1 aromatic carbocycles. The molecule has 2 amide bonds. The number of amides is 2. The molecule has 2 saturated heterocycles. The van der Waals surface area contributed by atoms with E-state index in [0.29, 0.717) is 12.1 Å². The molecule has 23 heavy (non-hydrogen) atoms. The van der Waals surface area contributed by atoms with Crippen LogP contribution in [0.2, 0.25) is 0 Å². The molecular formula is C18H25N3O2. The molecule has 0 aromatic heterocycles. The number of rotatable bonds is 2. The number of hydrogen-bond donors (Lipinski definition) is 1. The highest BCUT2D eigenvalue weighted by Gasteiger charge is 2.31. The van der Waals surface area contributed by atoms with E-state index in [-0.39, 0.29) is 17.7 Å². The Balaban J connectivity index is 1.64. The van der Waals surface area contributed by atoms with E-state index in [1.165, 1.54) is 0 Å². The van der Waals surface area contributed by atoms with Gasteiger partial charge in [0, 0.05) is 44.8 Å². The van der Waals surface area contributed by atoms with E-state index in [1.54, 1.807) is 0 Å². The van der Waals surface area contributed by atoms with Crippen LogP contribution in [0.25, 0.3) is 0 Å². The van der Waals surface area contributed by atoms with E-state index in [4.69, 9.17) is 0 Å². The molecule has 1 N–H and O–H groups in total. The second kappa shape index (κ2) is 7.13. The van der Waals surface area contributed by atoms with Gasteiger partial charge in [-0.15, -0.1) is 0 Å². The molecule has 5 nitrogen and oxygen atoms in total. The SMILES string of the molecule is Cc1ccc(C(=O)N2CCCC(C(=O)N3CCNCC3)C2)cc1. The Hall–Kier alpha value is -1.88. The number of nitrogens with zero attached hydrogens (tertiary/aromatic N) is 2. The third-order valence-electron chi connectivity index (χ3n) is 4.79. The highest BCUT2D eigenvalue weighted by Crippen LogP contribution is 2.21. The molecule has 3 rings (SSSR count). The largest absolute Gasteiger partial charge is 0.340 e. The summed E-state index contributed by atoms with van der Waals surface area (Å²) >= 11 is 0. The summed E-state index contributed by atoms with van der Waals surface area (Å²) in [5, 5.41) is 3.27. The van der Waals surface area contributed by atoms with Gasteiger partial charge in [0.2, 0.25) is 5.91 Å². The van der Waals surface area contributed by atoms with Crippen LogP contribution in [0.4, 0.5) is 0 Å². The summed E-state index contributed by atoms with van der Waals surface area (Å²) in [4.78, 5) is 29.1. The monoisotopic (exact) mass is 315 g/mol. The summed E-state index contributed by atoms with van der Waals surface area (Å²) < 4.78 is 0. The van der Waals surface area contributed by atoms with E-state index in [9.17, 15) is 9.59 Å². The van der Waals surface area contributed by atoms with Crippen molar-refractivity contribution in [2.45, 2.75) is 19.8 Å². The smallest absolute Gasteiger partial charge is 0.253 e. The summed E-state index contributed by atoms with van der Waals surface area (Å²) in [6.07, 6.45) is 1.79. The van der Waals surface area contributed by atoms with Gasteiger partial charge in [-0.1, -0.05) is 17.7 Å². The van der Waals surface area contributed by atoms with E-state index in [2.05, 4.69) is 5.32 Å². The number of likely N-dealkylation sites (tertiary alicyclic amines) is 1. The minimum Gasteiger partial charge on any atom is -0.340 e. The molecule has 2 aliphatic rings. The molecule has 0 spiro atoms. The molecular weight excluding hydrogens is 290 g/mol. The van der Waals surface area contributed by atoms with Gasteiger partial charge in [-0.2, -0.15) is 0 Å². The van der Waals surface area contributed by atoms with Crippen molar-refractivity contribution in [1.82, 2.24) is 15.1 Å². The number of carbonyl (C=O) groups is 2. The lowest BCUT2D eigenvalue weighted by atomic mass is 9.95. The highest BCUT2D eigenvalue weighted by atomic mass is 16.2. The normalized spacial score (nSPS) is 22.0. The van der Waals surface area contributed by atoms with Gasteiger partial charge in [-0.05, 0) is 31.9 Å². The number of benzene rings is 1. The van der Waals surface area contributed by atoms with Crippen LogP contribution in [-0.4, -0.2) is 60.9 Å². The van der Waals surface area contributed by atoms with Crippen LogP contribution in [0, 0.1) is 12.8 Å². The van der Waals surface area contributed by atoms with Gasteiger partial charge in [-0.3, -0.25) is 9.59 Å². The topological polar surface area (TPSA) is 52.7 Å². The number of piperidine rings is 1. The molecule has 1 atom stereocenters. The first-order valence-electron chi connectivity index (χ1n) is 8.50. The van der Waals surface area contributed by atoms with Crippen molar-refractivity contribution in [1.29, 1.82) is 0 Å². The van der Waals surface area contributed by atoms with Crippen molar-refractivity contribution in [3.05, 3.63) is 35.4 Å². The maximum Gasteiger partial charge on any atom is 0.253 e. The Bertz CT molecular complexity index is 564. The van der Waals surface area contributed by atoms with Crippen LogP contribution in [0.5, 0.6) is 0 Å². The number of carbonyl (C=O) groups excluding carboxylic acids is 2. The Morgan fingerprint density at radius 3 is 2.43 bits per heavy atom. The van der Waals surface area contributed by atoms with Gasteiger partial charge in [0.15, 0.2) is 0 Å². The van der Waals surface area contributed by atoms with E-state index >= 15 is 0 Å². The Kier molecular flexibility index (Phi) is 4.96. The van der Waals surface area contributed by atoms with Crippen molar-refractivity contribution in [3.63, 3.8) is 0 Å². The second-order valence-electron chi connectivity index (χ2n) is 6.53. The second-order valence-corrected chi connectivity index (χ2v) is 6.53. The van der Waals surface area contributed by atoms with Gasteiger partial charge in [0.1, 0.15) is 0 Å². The lowest BCUT2D eigenvalue weighted by molar-refractivity contribution is -0.137. The third kappa shape index (κ3) is 3.72. The minimum absolute atomic E-state index is 0.0443. The average Bonchev–Trinajstić information content (AvgIpc) is 2.62. The van der Waals surface area contributed by atoms with Crippen molar-refractivity contribution >= 4 is 11.8 Å². The standard InChI is InChI=1S/C18H25N3O2/c1-14-4-6-15(7-5-14)17(22)21-10-2-3-16(13-21)18(23)20-11-8-19-9-12-20/h4-7,16,19H,2-3,8-13H2,1H3. The molecule has 0 bridgehead atoms. The molecule has 0 aliphatic carbocycles. The Morgan fingerprint density at radius 1 is 1.04 bits per heavy atom. The zero-order chi connectivity index (χ0) is 16.2. The number of aryl methyl sites for hydroxylation is 1. The summed E-state index contributed by atoms with van der Waals surface area (Å²) in [6, 6.07) is 7.67. The summed E-state index contributed by atoms with van der Waals surface area (Å²) in [7, 11) is 0. The molecule has 0 radical (unpaired) electrons. The average molecular weight is 315 g/mol. The Morgan fingerprint density at radius 2 is 1.74 bits per heavy atom. The molecule has 0 saturated carbocycles. The van der Waals surface area contributed by atoms with E-state index in [0.717, 1.165) is 51.1 Å². The molecule has 5 heteroatoms. The summed E-state index contributed by atoms with van der Waals surface area (Å²) in [5.74, 6) is 0.215. The van der Waals surface area contributed by atoms with Gasteiger partial charge >= 0.3 is 0 Å². The van der Waals surface area contributed by atoms with Gasteiger partial charge in [0.25, 0.3) is 5.91 Å². The molecule has 2 aliphatic heterocycles. The summed E-state index contributed by atoms with van der Waals surface area (Å²) in [6.45, 7) is 6.60. The first-order chi connectivity index (χ1) is 11.1. The lowest BCUT2D eigenvalue weighted by Crippen LogP contribution is -2.52. The van der Waals surface area contributed by atoms with E-state index in [1.807, 2.05) is 41.0 Å². The predicted octanol–water partition coefficient (Wildman–Crippen LogP) is 1.28.